The fourth-order valence-corrected chi connectivity index (χ4v) is 4.05. The van der Waals surface area contributed by atoms with Crippen molar-refractivity contribution in [1.29, 1.82) is 0 Å². The number of hydrogen-bond donors (Lipinski definition) is 1. The van der Waals surface area contributed by atoms with Crippen molar-refractivity contribution in [3.05, 3.63) is 48.0 Å². The molecule has 2 aliphatic rings. The van der Waals surface area contributed by atoms with Gasteiger partial charge in [0, 0.05) is 12.8 Å². The first-order valence-electron chi connectivity index (χ1n) is 8.78. The molecule has 1 saturated heterocycles. The molecule has 0 amide bonds. The lowest BCUT2D eigenvalue weighted by molar-refractivity contribution is -0.809. The molecule has 0 saturated carbocycles. The Kier molecular flexibility index (Phi) is 5.50. The Morgan fingerprint density at radius 3 is 2.78 bits per heavy atom. The molecule has 2 atom stereocenters. The molecule has 0 spiro atoms. The number of halogens is 1. The van der Waals surface area contributed by atoms with Crippen molar-refractivity contribution in [2.24, 2.45) is 4.99 Å². The van der Waals surface area contributed by atoms with Crippen molar-refractivity contribution < 1.29 is 21.9 Å². The van der Waals surface area contributed by atoms with Gasteiger partial charge in [-0.2, -0.15) is 0 Å². The Bertz CT molecular complexity index is 690. The van der Waals surface area contributed by atoms with Crippen LogP contribution in [-0.4, -0.2) is 25.0 Å². The van der Waals surface area contributed by atoms with Crippen LogP contribution >= 0.6 is 0 Å². The van der Waals surface area contributed by atoms with Gasteiger partial charge in [-0.15, -0.1) is 0 Å². The summed E-state index contributed by atoms with van der Waals surface area (Å²) in [6, 6.07) is 15.9. The van der Waals surface area contributed by atoms with E-state index in [1.807, 2.05) is 0 Å². The van der Waals surface area contributed by atoms with Crippen LogP contribution < -0.4 is 21.9 Å². The Hall–Kier alpha value is -1.19. The summed E-state index contributed by atoms with van der Waals surface area (Å²) < 4.78 is 0. The van der Waals surface area contributed by atoms with Gasteiger partial charge in [0.1, 0.15) is 0 Å². The largest absolute Gasteiger partial charge is 1.00 e. The molecule has 0 bridgehead atoms. The summed E-state index contributed by atoms with van der Waals surface area (Å²) in [6.45, 7) is 2.59. The second-order valence-electron chi connectivity index (χ2n) is 6.77. The zero-order chi connectivity index (χ0) is 14.8. The van der Waals surface area contributed by atoms with Gasteiger partial charge in [-0.1, -0.05) is 42.5 Å². The van der Waals surface area contributed by atoms with Gasteiger partial charge in [0.2, 0.25) is 0 Å². The summed E-state index contributed by atoms with van der Waals surface area (Å²) in [4.78, 5) is 6.82. The number of nitrogens with zero attached hydrogens (tertiary/aromatic N) is 1. The molecular weight excluding hydrogens is 348 g/mol. The van der Waals surface area contributed by atoms with E-state index >= 15 is 0 Å². The van der Waals surface area contributed by atoms with Gasteiger partial charge in [-0.05, 0) is 42.0 Å². The van der Waals surface area contributed by atoms with Gasteiger partial charge < -0.3 is 17.0 Å². The lowest BCUT2D eigenvalue weighted by atomic mass is 9.96. The standard InChI is InChI=1S/C20H24N2.BrH/c1-2-11-20-21-18(12-14-22(20)13-5-1)15-17-9-6-8-16-7-3-4-10-19(16)17;/h3-4,6-10,18H,1-2,5,11-15H2;1H. The molecule has 2 nitrogen and oxygen atoms in total. The van der Waals surface area contributed by atoms with Crippen molar-refractivity contribution in [3.8, 4) is 0 Å². The molecule has 122 valence electrons. The average molecular weight is 373 g/mol. The fourth-order valence-electron chi connectivity index (χ4n) is 4.05. The first kappa shape index (κ1) is 16.7. The van der Waals surface area contributed by atoms with E-state index in [2.05, 4.69) is 42.5 Å². The number of hydrogen-bond acceptors (Lipinski definition) is 1. The zero-order valence-corrected chi connectivity index (χ0v) is 15.2. The first-order chi connectivity index (χ1) is 10.9. The van der Waals surface area contributed by atoms with Crippen molar-refractivity contribution in [3.63, 3.8) is 0 Å². The summed E-state index contributed by atoms with van der Waals surface area (Å²) in [6.07, 6.45) is 7.66. The van der Waals surface area contributed by atoms with E-state index in [4.69, 9.17) is 4.99 Å². The molecular formula is C20H25BrN2. The summed E-state index contributed by atoms with van der Waals surface area (Å²) in [5.74, 6) is 1.47. The summed E-state index contributed by atoms with van der Waals surface area (Å²) in [5, 5.41) is 2.76. The second-order valence-corrected chi connectivity index (χ2v) is 6.77. The highest BCUT2D eigenvalue weighted by Crippen LogP contribution is 2.22. The van der Waals surface area contributed by atoms with Crippen LogP contribution in [0, 0.1) is 0 Å². The predicted molar refractivity (Wildman–Crippen MR) is 92.7 cm³/mol. The number of benzene rings is 2. The van der Waals surface area contributed by atoms with Gasteiger partial charge >= 0.3 is 0 Å². The van der Waals surface area contributed by atoms with E-state index in [0.29, 0.717) is 6.04 Å². The number of aliphatic imine (C=N–C) groups is 1. The monoisotopic (exact) mass is 372 g/mol. The predicted octanol–water partition coefficient (Wildman–Crippen LogP) is 0.0160. The van der Waals surface area contributed by atoms with Crippen LogP contribution in [-0.2, 0) is 6.42 Å². The molecule has 2 heterocycles. The maximum Gasteiger partial charge on any atom is 0.196 e. The van der Waals surface area contributed by atoms with E-state index in [-0.39, 0.29) is 17.0 Å². The summed E-state index contributed by atoms with van der Waals surface area (Å²) in [7, 11) is 0. The Morgan fingerprint density at radius 2 is 1.83 bits per heavy atom. The number of nitrogens with one attached hydrogen (secondary N) is 1. The van der Waals surface area contributed by atoms with Gasteiger partial charge in [0.15, 0.2) is 5.84 Å². The van der Waals surface area contributed by atoms with Crippen LogP contribution in [0.3, 0.4) is 0 Å². The molecule has 2 aromatic carbocycles. The Labute approximate surface area is 149 Å². The van der Waals surface area contributed by atoms with Crippen LogP contribution in [0.2, 0.25) is 0 Å². The number of fused-ring (bicyclic) bond motifs is 2. The number of rotatable bonds is 2. The molecule has 3 heteroatoms. The minimum atomic E-state index is 0. The van der Waals surface area contributed by atoms with Crippen LogP contribution in [0.4, 0.5) is 0 Å². The van der Waals surface area contributed by atoms with Crippen LogP contribution in [0.1, 0.15) is 37.7 Å². The molecule has 2 aromatic rings. The van der Waals surface area contributed by atoms with Crippen molar-refractivity contribution >= 4 is 16.6 Å². The van der Waals surface area contributed by atoms with Crippen LogP contribution in [0.25, 0.3) is 10.8 Å². The van der Waals surface area contributed by atoms with E-state index in [1.165, 1.54) is 67.4 Å². The van der Waals surface area contributed by atoms with Gasteiger partial charge in [-0.25, -0.2) is 4.99 Å². The van der Waals surface area contributed by atoms with Crippen molar-refractivity contribution in [1.82, 2.24) is 0 Å². The van der Waals surface area contributed by atoms with Gasteiger partial charge in [-0.3, -0.25) is 4.90 Å². The van der Waals surface area contributed by atoms with E-state index in [1.54, 1.807) is 4.90 Å². The lowest BCUT2D eigenvalue weighted by Crippen LogP contribution is -3.15. The Morgan fingerprint density at radius 1 is 0.957 bits per heavy atom. The van der Waals surface area contributed by atoms with Gasteiger partial charge in [0.05, 0.1) is 19.1 Å². The molecule has 23 heavy (non-hydrogen) atoms. The molecule has 1 N–H and O–H groups in total. The average Bonchev–Trinajstić information content (AvgIpc) is 2.80. The smallest absolute Gasteiger partial charge is 0.196 e. The van der Waals surface area contributed by atoms with Gasteiger partial charge in [0.25, 0.3) is 0 Å². The summed E-state index contributed by atoms with van der Waals surface area (Å²) in [5.41, 5.74) is 1.46. The maximum absolute atomic E-state index is 5.15. The third-order valence-corrected chi connectivity index (χ3v) is 5.25. The molecule has 4 rings (SSSR count). The molecule has 0 radical (unpaired) electrons. The normalized spacial score (nSPS) is 24.3. The first-order valence-corrected chi connectivity index (χ1v) is 8.78. The highest BCUT2D eigenvalue weighted by molar-refractivity contribution is 5.85. The molecule has 2 aliphatic heterocycles. The maximum atomic E-state index is 5.15. The minimum Gasteiger partial charge on any atom is -1.00 e. The molecule has 1 fully saturated rings. The second kappa shape index (κ2) is 7.59. The van der Waals surface area contributed by atoms with Crippen LogP contribution in [0.5, 0.6) is 0 Å². The third-order valence-electron chi connectivity index (χ3n) is 5.25. The van der Waals surface area contributed by atoms with E-state index in [0.717, 1.165) is 6.42 Å². The molecule has 2 unspecified atom stereocenters. The van der Waals surface area contributed by atoms with Crippen molar-refractivity contribution in [2.45, 2.75) is 44.6 Å². The van der Waals surface area contributed by atoms with E-state index < -0.39 is 0 Å². The lowest BCUT2D eigenvalue weighted by Gasteiger charge is -2.26. The zero-order valence-electron chi connectivity index (χ0n) is 13.6. The van der Waals surface area contributed by atoms with Crippen molar-refractivity contribution in [2.75, 3.05) is 13.1 Å². The Balaban J connectivity index is 0.00000156. The minimum absolute atomic E-state index is 0. The fraction of sp³-hybridized carbons (Fsp3) is 0.450. The number of amidine groups is 1. The molecule has 0 aliphatic carbocycles. The SMILES string of the molecule is [Br-].c1ccc2c(CC3CC[NH+]4CCCCCC4=N3)cccc2c1. The topological polar surface area (TPSA) is 16.8 Å². The summed E-state index contributed by atoms with van der Waals surface area (Å²) >= 11 is 0. The van der Waals surface area contributed by atoms with E-state index in [9.17, 15) is 0 Å². The number of quaternary nitrogens is 1. The highest BCUT2D eigenvalue weighted by Gasteiger charge is 2.27. The highest BCUT2D eigenvalue weighted by atomic mass is 79.9. The van der Waals surface area contributed by atoms with Crippen LogP contribution in [0.15, 0.2) is 47.5 Å². The molecule has 0 aromatic heterocycles. The quantitative estimate of drug-likeness (QED) is 0.765. The third kappa shape index (κ3) is 3.67.